The summed E-state index contributed by atoms with van der Waals surface area (Å²) in [5, 5.41) is 6.88. The van der Waals surface area contributed by atoms with E-state index in [9.17, 15) is 22.8 Å². The van der Waals surface area contributed by atoms with E-state index in [1.54, 1.807) is 0 Å². The molecule has 10 heteroatoms. The van der Waals surface area contributed by atoms with Crippen LogP contribution in [0.15, 0.2) is 41.2 Å². The molecule has 0 bridgehead atoms. The number of carbonyl (C=O) groups is 1. The smallest absolute Gasteiger partial charge is 0.323 e. The molecule has 6 nitrogen and oxygen atoms in total. The van der Waals surface area contributed by atoms with E-state index in [1.807, 2.05) is 0 Å². The van der Waals surface area contributed by atoms with Crippen molar-refractivity contribution in [2.24, 2.45) is 0 Å². The molecule has 0 spiro atoms. The summed E-state index contributed by atoms with van der Waals surface area (Å²) in [6, 6.07) is 6.68. The fraction of sp³-hybridized carbons (Fsp3) is 0.250. The summed E-state index contributed by atoms with van der Waals surface area (Å²) >= 11 is 6.04. The van der Waals surface area contributed by atoms with Crippen molar-refractivity contribution in [2.75, 3.05) is 5.32 Å². The Balaban J connectivity index is 1.61. The minimum atomic E-state index is -0.895. The first-order valence-electron chi connectivity index (χ1n) is 9.21. The van der Waals surface area contributed by atoms with Crippen molar-refractivity contribution in [1.29, 1.82) is 0 Å². The van der Waals surface area contributed by atoms with Crippen LogP contribution in [0, 0.1) is 17.5 Å². The molecule has 1 unspecified atom stereocenters. The van der Waals surface area contributed by atoms with Gasteiger partial charge < -0.3 is 5.32 Å². The van der Waals surface area contributed by atoms with Gasteiger partial charge in [0.25, 0.3) is 0 Å². The zero-order valence-corrected chi connectivity index (χ0v) is 16.3. The number of hydrogen-bond donors (Lipinski definition) is 1. The summed E-state index contributed by atoms with van der Waals surface area (Å²) in [4.78, 5) is 25.5. The minimum Gasteiger partial charge on any atom is -0.323 e. The quantitative estimate of drug-likeness (QED) is 0.678. The lowest BCUT2D eigenvalue weighted by Gasteiger charge is -2.21. The molecule has 0 radical (unpaired) electrons. The number of nitrogens with zero attached hydrogens (tertiary/aromatic N) is 3. The van der Waals surface area contributed by atoms with E-state index in [2.05, 4.69) is 10.4 Å². The van der Waals surface area contributed by atoms with Crippen LogP contribution in [0.2, 0.25) is 5.02 Å². The van der Waals surface area contributed by atoms with Crippen molar-refractivity contribution in [3.05, 3.63) is 80.7 Å². The number of fused-ring (bicyclic) bond motifs is 1. The second kappa shape index (κ2) is 7.98. The van der Waals surface area contributed by atoms with E-state index in [1.165, 1.54) is 21.4 Å². The highest BCUT2D eigenvalue weighted by Crippen LogP contribution is 2.27. The zero-order valence-electron chi connectivity index (χ0n) is 15.5. The molecule has 1 atom stereocenters. The molecule has 30 heavy (non-hydrogen) atoms. The fourth-order valence-corrected chi connectivity index (χ4v) is 3.71. The Morgan fingerprint density at radius 1 is 1.17 bits per heavy atom. The Morgan fingerprint density at radius 2 is 1.90 bits per heavy atom. The van der Waals surface area contributed by atoms with E-state index >= 15 is 0 Å². The Labute approximate surface area is 173 Å². The molecule has 156 valence electrons. The van der Waals surface area contributed by atoms with Crippen molar-refractivity contribution in [2.45, 2.75) is 31.8 Å². The molecule has 4 rings (SSSR count). The van der Waals surface area contributed by atoms with Gasteiger partial charge in [0.1, 0.15) is 23.3 Å². The van der Waals surface area contributed by atoms with Gasteiger partial charge in [0.15, 0.2) is 0 Å². The van der Waals surface area contributed by atoms with Crippen LogP contribution in [0.3, 0.4) is 0 Å². The molecule has 1 aromatic heterocycles. The van der Waals surface area contributed by atoms with Crippen LogP contribution in [-0.4, -0.2) is 20.3 Å². The standard InChI is InChI=1S/C20H16ClF3N4O2/c21-15-8-12(22)4-3-11(15)10-28-20(30)27-7-1-2-14(18(27)26-28)19(29)25-17-6-5-13(23)9-16(17)24/h3-6,8-9,14H,1-2,7,10H2,(H,25,29). The molecule has 1 N–H and O–H groups in total. The van der Waals surface area contributed by atoms with Crippen LogP contribution < -0.4 is 11.0 Å². The monoisotopic (exact) mass is 436 g/mol. The average molecular weight is 437 g/mol. The molecule has 1 amide bonds. The summed E-state index contributed by atoms with van der Waals surface area (Å²) < 4.78 is 42.8. The van der Waals surface area contributed by atoms with Gasteiger partial charge in [-0.05, 0) is 42.7 Å². The molecule has 2 aromatic carbocycles. The van der Waals surface area contributed by atoms with Gasteiger partial charge >= 0.3 is 5.69 Å². The zero-order chi connectivity index (χ0) is 21.4. The van der Waals surface area contributed by atoms with Gasteiger partial charge in [-0.25, -0.2) is 22.6 Å². The van der Waals surface area contributed by atoms with Crippen LogP contribution in [0.25, 0.3) is 0 Å². The van der Waals surface area contributed by atoms with Gasteiger partial charge in [-0.1, -0.05) is 17.7 Å². The van der Waals surface area contributed by atoms with Crippen molar-refractivity contribution in [3.8, 4) is 0 Å². The van der Waals surface area contributed by atoms with Crippen molar-refractivity contribution in [1.82, 2.24) is 14.3 Å². The molecule has 0 saturated heterocycles. The second-order valence-corrected chi connectivity index (χ2v) is 7.40. The molecular weight excluding hydrogens is 421 g/mol. The van der Waals surface area contributed by atoms with Crippen LogP contribution >= 0.6 is 11.6 Å². The Hall–Kier alpha value is -3.07. The van der Waals surface area contributed by atoms with E-state index in [4.69, 9.17) is 11.6 Å². The average Bonchev–Trinajstić information content (AvgIpc) is 3.02. The maximum absolute atomic E-state index is 13.9. The van der Waals surface area contributed by atoms with E-state index in [0.717, 1.165) is 18.2 Å². The number of halogens is 4. The van der Waals surface area contributed by atoms with Gasteiger partial charge in [0, 0.05) is 17.6 Å². The Morgan fingerprint density at radius 3 is 2.63 bits per heavy atom. The number of hydrogen-bond acceptors (Lipinski definition) is 3. The van der Waals surface area contributed by atoms with Crippen molar-refractivity contribution >= 4 is 23.2 Å². The largest absolute Gasteiger partial charge is 0.346 e. The number of rotatable bonds is 4. The van der Waals surface area contributed by atoms with Gasteiger partial charge in [0.05, 0.1) is 18.2 Å². The first kappa shape index (κ1) is 20.2. The highest BCUT2D eigenvalue weighted by molar-refractivity contribution is 6.31. The number of aromatic nitrogens is 3. The SMILES string of the molecule is O=C(Nc1ccc(F)cc1F)C1CCCn2c1nn(Cc1ccc(F)cc1Cl)c2=O. The van der Waals surface area contributed by atoms with Crippen LogP contribution in [-0.2, 0) is 17.9 Å². The highest BCUT2D eigenvalue weighted by atomic mass is 35.5. The van der Waals surface area contributed by atoms with Gasteiger partial charge in [0.2, 0.25) is 5.91 Å². The molecule has 2 heterocycles. The molecule has 0 fully saturated rings. The molecular formula is C20H16ClF3N4O2. The number of benzene rings is 2. The van der Waals surface area contributed by atoms with Crippen LogP contribution in [0.5, 0.6) is 0 Å². The predicted octanol–water partition coefficient (Wildman–Crippen LogP) is 3.68. The maximum atomic E-state index is 13.9. The second-order valence-electron chi connectivity index (χ2n) is 6.99. The first-order chi connectivity index (χ1) is 14.3. The summed E-state index contributed by atoms with van der Waals surface area (Å²) in [5.74, 6) is -3.21. The van der Waals surface area contributed by atoms with Gasteiger partial charge in [-0.3, -0.25) is 9.36 Å². The van der Waals surface area contributed by atoms with E-state index in [0.29, 0.717) is 31.0 Å². The third kappa shape index (κ3) is 3.85. The number of carbonyl (C=O) groups excluding carboxylic acids is 1. The van der Waals surface area contributed by atoms with Gasteiger partial charge in [-0.15, -0.1) is 0 Å². The first-order valence-corrected chi connectivity index (χ1v) is 9.58. The normalized spacial score (nSPS) is 15.7. The lowest BCUT2D eigenvalue weighted by Crippen LogP contribution is -2.32. The third-order valence-electron chi connectivity index (χ3n) is 4.98. The lowest BCUT2D eigenvalue weighted by atomic mass is 9.98. The van der Waals surface area contributed by atoms with Crippen molar-refractivity contribution in [3.63, 3.8) is 0 Å². The maximum Gasteiger partial charge on any atom is 0.346 e. The fourth-order valence-electron chi connectivity index (χ4n) is 3.48. The number of anilines is 1. The lowest BCUT2D eigenvalue weighted by molar-refractivity contribution is -0.118. The number of amides is 1. The predicted molar refractivity (Wildman–Crippen MR) is 104 cm³/mol. The molecule has 3 aromatic rings. The molecule has 0 aliphatic carbocycles. The molecule has 1 aliphatic rings. The van der Waals surface area contributed by atoms with Crippen LogP contribution in [0.1, 0.15) is 30.1 Å². The summed E-state index contributed by atoms with van der Waals surface area (Å²) in [6.07, 6.45) is 0.974. The minimum absolute atomic E-state index is 0.0128. The van der Waals surface area contributed by atoms with E-state index in [-0.39, 0.29) is 23.1 Å². The summed E-state index contributed by atoms with van der Waals surface area (Å²) in [5.41, 5.74) is -0.0701. The Kier molecular flexibility index (Phi) is 5.38. The topological polar surface area (TPSA) is 68.9 Å². The summed E-state index contributed by atoms with van der Waals surface area (Å²) in [6.45, 7) is 0.402. The molecule has 1 aliphatic heterocycles. The van der Waals surface area contributed by atoms with Gasteiger partial charge in [-0.2, -0.15) is 5.10 Å². The number of nitrogens with one attached hydrogen (secondary N) is 1. The van der Waals surface area contributed by atoms with E-state index < -0.39 is 35.0 Å². The van der Waals surface area contributed by atoms with Crippen molar-refractivity contribution < 1.29 is 18.0 Å². The Bertz CT molecular complexity index is 1190. The van der Waals surface area contributed by atoms with Crippen LogP contribution in [0.4, 0.5) is 18.9 Å². The summed E-state index contributed by atoms with van der Waals surface area (Å²) in [7, 11) is 0. The molecule has 0 saturated carbocycles. The highest BCUT2D eigenvalue weighted by Gasteiger charge is 2.32. The third-order valence-corrected chi connectivity index (χ3v) is 5.33.